The Morgan fingerprint density at radius 1 is 1.09 bits per heavy atom. The number of carbonyl (C=O) groups excluding carboxylic acids is 3. The maximum atomic E-state index is 11.9. The van der Waals surface area contributed by atoms with Gasteiger partial charge in [-0.1, -0.05) is 18.2 Å². The summed E-state index contributed by atoms with van der Waals surface area (Å²) >= 11 is 0. The fraction of sp³-hybridized carbons (Fsp3) is 0.438. The van der Waals surface area contributed by atoms with E-state index >= 15 is 0 Å². The van der Waals surface area contributed by atoms with Gasteiger partial charge in [-0.05, 0) is 12.1 Å². The van der Waals surface area contributed by atoms with E-state index in [1.807, 2.05) is 0 Å². The second kappa shape index (κ2) is 7.73. The van der Waals surface area contributed by atoms with E-state index in [1.165, 1.54) is 13.8 Å². The summed E-state index contributed by atoms with van der Waals surface area (Å²) in [6.07, 6.45) is -1.94. The topological polar surface area (TPSA) is 88.1 Å². The Morgan fingerprint density at radius 3 is 2.35 bits per heavy atom. The summed E-state index contributed by atoms with van der Waals surface area (Å²) in [4.78, 5) is 34.1. The first-order valence-corrected chi connectivity index (χ1v) is 7.17. The van der Waals surface area contributed by atoms with Gasteiger partial charge in [-0.3, -0.25) is 9.59 Å². The Hall–Kier alpha value is -2.41. The molecule has 1 aromatic rings. The van der Waals surface area contributed by atoms with Gasteiger partial charge in [-0.25, -0.2) is 4.79 Å². The number of carbonyl (C=O) groups is 3. The van der Waals surface area contributed by atoms with Crippen LogP contribution in [0.4, 0.5) is 0 Å². The highest BCUT2D eigenvalue weighted by Crippen LogP contribution is 2.25. The van der Waals surface area contributed by atoms with E-state index in [9.17, 15) is 14.4 Å². The van der Waals surface area contributed by atoms with Gasteiger partial charge in [0.25, 0.3) is 0 Å². The number of hydrogen-bond donors (Lipinski definition) is 0. The lowest BCUT2D eigenvalue weighted by Crippen LogP contribution is -2.31. The molecule has 1 aromatic carbocycles. The molecular weight excluding hydrogens is 304 g/mol. The fourth-order valence-electron chi connectivity index (χ4n) is 2.24. The van der Waals surface area contributed by atoms with Gasteiger partial charge in [-0.15, -0.1) is 0 Å². The van der Waals surface area contributed by atoms with Crippen molar-refractivity contribution in [1.29, 1.82) is 0 Å². The molecule has 0 spiro atoms. The third-order valence-corrected chi connectivity index (χ3v) is 3.17. The molecule has 0 N–H and O–H groups in total. The average Bonchev–Trinajstić information content (AvgIpc) is 2.85. The second-order valence-corrected chi connectivity index (χ2v) is 5.06. The highest BCUT2D eigenvalue weighted by molar-refractivity contribution is 5.89. The lowest BCUT2D eigenvalue weighted by molar-refractivity contribution is -0.176. The molecule has 1 unspecified atom stereocenters. The third-order valence-electron chi connectivity index (χ3n) is 3.17. The molecule has 3 atom stereocenters. The number of ether oxygens (including phenoxy) is 4. The molecule has 0 amide bonds. The van der Waals surface area contributed by atoms with Crippen molar-refractivity contribution in [3.8, 4) is 0 Å². The van der Waals surface area contributed by atoms with Gasteiger partial charge in [0, 0.05) is 13.8 Å². The van der Waals surface area contributed by atoms with Crippen LogP contribution in [-0.2, 0) is 28.5 Å². The third kappa shape index (κ3) is 5.07. The van der Waals surface area contributed by atoms with Crippen molar-refractivity contribution in [2.24, 2.45) is 0 Å². The molecule has 0 aromatic heterocycles. The smallest absolute Gasteiger partial charge is 0.338 e. The number of rotatable bonds is 5. The molecule has 0 saturated carbocycles. The fourth-order valence-corrected chi connectivity index (χ4v) is 2.24. The van der Waals surface area contributed by atoms with Crippen LogP contribution in [0.3, 0.4) is 0 Å². The molecule has 7 heteroatoms. The zero-order valence-corrected chi connectivity index (χ0v) is 12.9. The molecule has 2 rings (SSSR count). The molecule has 0 bridgehead atoms. The van der Waals surface area contributed by atoms with Crippen LogP contribution in [0, 0.1) is 0 Å². The summed E-state index contributed by atoms with van der Waals surface area (Å²) in [5, 5.41) is 0. The Labute approximate surface area is 133 Å². The monoisotopic (exact) mass is 322 g/mol. The Balaban J connectivity index is 1.93. The zero-order valence-electron chi connectivity index (χ0n) is 12.9. The van der Waals surface area contributed by atoms with Crippen molar-refractivity contribution < 1.29 is 33.3 Å². The summed E-state index contributed by atoms with van der Waals surface area (Å²) in [7, 11) is 0. The SMILES string of the molecule is CC(=O)OC1C[C@@H](OC(C)=O)[C@@H](COC(=O)c2ccccc2)O1. The van der Waals surface area contributed by atoms with Crippen LogP contribution in [0.1, 0.15) is 30.6 Å². The van der Waals surface area contributed by atoms with E-state index in [1.54, 1.807) is 30.3 Å². The van der Waals surface area contributed by atoms with Gasteiger partial charge in [0.1, 0.15) is 18.8 Å². The van der Waals surface area contributed by atoms with E-state index in [4.69, 9.17) is 18.9 Å². The van der Waals surface area contributed by atoms with E-state index < -0.39 is 36.4 Å². The van der Waals surface area contributed by atoms with Gasteiger partial charge < -0.3 is 18.9 Å². The number of esters is 3. The minimum Gasteiger partial charge on any atom is -0.459 e. The predicted molar refractivity (Wildman–Crippen MR) is 77.3 cm³/mol. The first-order valence-electron chi connectivity index (χ1n) is 7.17. The van der Waals surface area contributed by atoms with Gasteiger partial charge in [-0.2, -0.15) is 0 Å². The van der Waals surface area contributed by atoms with Crippen LogP contribution in [-0.4, -0.2) is 43.0 Å². The van der Waals surface area contributed by atoms with E-state index in [0.29, 0.717) is 5.56 Å². The maximum Gasteiger partial charge on any atom is 0.338 e. The van der Waals surface area contributed by atoms with Gasteiger partial charge in [0.2, 0.25) is 6.29 Å². The average molecular weight is 322 g/mol. The van der Waals surface area contributed by atoms with Crippen LogP contribution in [0.2, 0.25) is 0 Å². The Kier molecular flexibility index (Phi) is 5.70. The summed E-state index contributed by atoms with van der Waals surface area (Å²) < 4.78 is 20.7. The van der Waals surface area contributed by atoms with Gasteiger partial charge >= 0.3 is 17.9 Å². The Bertz CT molecular complexity index is 569. The van der Waals surface area contributed by atoms with Crippen molar-refractivity contribution in [3.05, 3.63) is 35.9 Å². The second-order valence-electron chi connectivity index (χ2n) is 5.06. The Morgan fingerprint density at radius 2 is 1.74 bits per heavy atom. The first-order chi connectivity index (χ1) is 11.0. The van der Waals surface area contributed by atoms with Crippen molar-refractivity contribution in [1.82, 2.24) is 0 Å². The highest BCUT2D eigenvalue weighted by Gasteiger charge is 2.40. The molecule has 1 aliphatic rings. The summed E-state index contributed by atoms with van der Waals surface area (Å²) in [5.74, 6) is -1.49. The molecule has 1 heterocycles. The number of benzene rings is 1. The largest absolute Gasteiger partial charge is 0.459 e. The van der Waals surface area contributed by atoms with Crippen molar-refractivity contribution >= 4 is 17.9 Å². The summed E-state index contributed by atoms with van der Waals surface area (Å²) in [6.45, 7) is 2.42. The molecule has 7 nitrogen and oxygen atoms in total. The van der Waals surface area contributed by atoms with Crippen LogP contribution in [0.25, 0.3) is 0 Å². The molecule has 0 aliphatic carbocycles. The number of hydrogen-bond acceptors (Lipinski definition) is 7. The normalized spacial score (nSPS) is 23.1. The summed E-state index contributed by atoms with van der Waals surface area (Å²) in [6, 6.07) is 8.49. The van der Waals surface area contributed by atoms with E-state index in [0.717, 1.165) is 0 Å². The minimum absolute atomic E-state index is 0.108. The summed E-state index contributed by atoms with van der Waals surface area (Å²) in [5.41, 5.74) is 0.408. The molecule has 1 fully saturated rings. The molecule has 23 heavy (non-hydrogen) atoms. The quantitative estimate of drug-likeness (QED) is 0.599. The van der Waals surface area contributed by atoms with Gasteiger partial charge in [0.05, 0.1) is 12.0 Å². The maximum absolute atomic E-state index is 11.9. The van der Waals surface area contributed by atoms with Crippen LogP contribution in [0.15, 0.2) is 30.3 Å². The highest BCUT2D eigenvalue weighted by atomic mass is 16.7. The van der Waals surface area contributed by atoms with Crippen molar-refractivity contribution in [3.63, 3.8) is 0 Å². The zero-order chi connectivity index (χ0) is 16.8. The van der Waals surface area contributed by atoms with Crippen molar-refractivity contribution in [2.45, 2.75) is 38.8 Å². The van der Waals surface area contributed by atoms with Crippen molar-refractivity contribution in [2.75, 3.05) is 6.61 Å². The lowest BCUT2D eigenvalue weighted by Gasteiger charge is -2.17. The predicted octanol–water partition coefficient (Wildman–Crippen LogP) is 1.45. The molecule has 124 valence electrons. The standard InChI is InChI=1S/C16H18O7/c1-10(17)21-13-8-15(22-11(2)18)23-14(13)9-20-16(19)12-6-4-3-5-7-12/h3-7,13-15H,8-9H2,1-2H3/t13-,14-,15?/m1/s1. The van der Waals surface area contributed by atoms with E-state index in [2.05, 4.69) is 0 Å². The molecule has 0 radical (unpaired) electrons. The first kappa shape index (κ1) is 17.0. The van der Waals surface area contributed by atoms with Gasteiger partial charge in [0.15, 0.2) is 0 Å². The molecule has 1 aliphatic heterocycles. The van der Waals surface area contributed by atoms with Crippen LogP contribution < -0.4 is 0 Å². The van der Waals surface area contributed by atoms with Crippen LogP contribution >= 0.6 is 0 Å². The lowest BCUT2D eigenvalue weighted by atomic mass is 10.2. The van der Waals surface area contributed by atoms with E-state index in [-0.39, 0.29) is 13.0 Å². The molecular formula is C16H18O7. The minimum atomic E-state index is -0.822. The molecule has 1 saturated heterocycles. The van der Waals surface area contributed by atoms with Crippen LogP contribution in [0.5, 0.6) is 0 Å².